The average molecular weight is 702 g/mol. The molecule has 0 bridgehead atoms. The molecule has 1 aliphatic rings. The molecule has 5 N–H and O–H groups in total. The smallest absolute Gasteiger partial charge is 0.300 e. The summed E-state index contributed by atoms with van der Waals surface area (Å²) >= 11 is 12.1. The number of halogens is 3. The average Bonchev–Trinajstić information content (AvgIpc) is 2.98. The third-order valence-corrected chi connectivity index (χ3v) is 8.27. The highest BCUT2D eigenvalue weighted by Gasteiger charge is 2.19. The number of amides is 2. The summed E-state index contributed by atoms with van der Waals surface area (Å²) in [6.07, 6.45) is 2.24. The number of nitrogens with one attached hydrogen (secondary N) is 4. The number of carbonyl (C=O) groups is 3. The Labute approximate surface area is 278 Å². The van der Waals surface area contributed by atoms with Crippen molar-refractivity contribution in [2.24, 2.45) is 5.92 Å². The monoisotopic (exact) mass is 700 g/mol. The molecular weight excluding hydrogens is 667 g/mol. The fourth-order valence-corrected chi connectivity index (χ4v) is 5.65. The summed E-state index contributed by atoms with van der Waals surface area (Å²) in [6.45, 7) is 3.83. The molecule has 0 aliphatic carbocycles. The van der Waals surface area contributed by atoms with Gasteiger partial charge in [-0.15, -0.1) is 12.4 Å². The maximum absolute atomic E-state index is 13.1. The van der Waals surface area contributed by atoms with E-state index in [2.05, 4.69) is 20.7 Å². The van der Waals surface area contributed by atoms with Gasteiger partial charge in [-0.3, -0.25) is 19.1 Å². The minimum Gasteiger partial charge on any atom is -0.481 e. The molecule has 2 amide bonds. The molecule has 0 spiro atoms. The molecule has 45 heavy (non-hydrogen) atoms. The van der Waals surface area contributed by atoms with Crippen LogP contribution in [-0.2, 0) is 19.6 Å². The molecule has 0 atom stereocenters. The Kier molecular flexibility index (Phi) is 15.4. The molecule has 11 nitrogen and oxygen atoms in total. The van der Waals surface area contributed by atoms with Gasteiger partial charge in [-0.1, -0.05) is 35.3 Å². The van der Waals surface area contributed by atoms with Crippen LogP contribution < -0.4 is 25.4 Å². The van der Waals surface area contributed by atoms with Gasteiger partial charge < -0.3 is 25.8 Å². The first-order valence-corrected chi connectivity index (χ1v) is 16.0. The lowest BCUT2D eigenvalue weighted by Gasteiger charge is -2.22. The minimum absolute atomic E-state index is 0. The summed E-state index contributed by atoms with van der Waals surface area (Å²) in [7, 11) is -4.00. The van der Waals surface area contributed by atoms with E-state index in [-0.39, 0.29) is 58.2 Å². The van der Waals surface area contributed by atoms with Crippen molar-refractivity contribution in [3.8, 4) is 11.5 Å². The van der Waals surface area contributed by atoms with E-state index >= 15 is 0 Å². The van der Waals surface area contributed by atoms with E-state index in [1.807, 2.05) is 0 Å². The van der Waals surface area contributed by atoms with Gasteiger partial charge in [-0.2, -0.15) is 0 Å². The van der Waals surface area contributed by atoms with Crippen molar-refractivity contribution in [3.63, 3.8) is 0 Å². The maximum atomic E-state index is 13.1. The van der Waals surface area contributed by atoms with Crippen LogP contribution in [0.4, 0.5) is 5.69 Å². The van der Waals surface area contributed by atoms with Crippen LogP contribution in [0.25, 0.3) is 0 Å². The number of benzene rings is 3. The molecule has 244 valence electrons. The fraction of sp³-hybridized carbons (Fsp3) is 0.300. The van der Waals surface area contributed by atoms with Gasteiger partial charge in [-0.25, -0.2) is 8.42 Å². The lowest BCUT2D eigenvalue weighted by molar-refractivity contribution is -0.134. The summed E-state index contributed by atoms with van der Waals surface area (Å²) in [6, 6.07) is 16.7. The van der Waals surface area contributed by atoms with E-state index in [1.54, 1.807) is 36.4 Å². The number of carboxylic acids is 1. The van der Waals surface area contributed by atoms with Crippen LogP contribution in [0, 0.1) is 5.92 Å². The molecular formula is C30H35Cl3N4O7S. The zero-order valence-corrected chi connectivity index (χ0v) is 27.5. The molecule has 0 saturated carbocycles. The lowest BCUT2D eigenvalue weighted by Crippen LogP contribution is -2.37. The largest absolute Gasteiger partial charge is 0.481 e. The van der Waals surface area contributed by atoms with Crippen molar-refractivity contribution in [2.75, 3.05) is 30.9 Å². The summed E-state index contributed by atoms with van der Waals surface area (Å²) in [5.74, 6) is -0.318. The first kappa shape index (κ1) is 37.6. The van der Waals surface area contributed by atoms with Crippen molar-refractivity contribution in [3.05, 3.63) is 82.3 Å². The Morgan fingerprint density at radius 1 is 0.956 bits per heavy atom. The summed E-state index contributed by atoms with van der Waals surface area (Å²) in [5.41, 5.74) is 0.476. The number of sulfonamides is 1. The van der Waals surface area contributed by atoms with Gasteiger partial charge in [0.15, 0.2) is 5.75 Å². The molecule has 0 radical (unpaired) electrons. The molecule has 0 aromatic heterocycles. The van der Waals surface area contributed by atoms with Crippen LogP contribution >= 0.6 is 35.6 Å². The number of ether oxygens (including phenoxy) is 1. The van der Waals surface area contributed by atoms with Crippen LogP contribution in [-0.4, -0.2) is 57.5 Å². The summed E-state index contributed by atoms with van der Waals surface area (Å²) < 4.78 is 34.5. The number of hydrogen-bond acceptors (Lipinski definition) is 7. The highest BCUT2D eigenvalue weighted by atomic mass is 35.5. The number of anilines is 1. The first-order chi connectivity index (χ1) is 20.9. The van der Waals surface area contributed by atoms with E-state index in [9.17, 15) is 18.0 Å². The van der Waals surface area contributed by atoms with E-state index in [0.717, 1.165) is 32.9 Å². The third-order valence-electron chi connectivity index (χ3n) is 6.36. The van der Waals surface area contributed by atoms with Crippen LogP contribution in [0.15, 0.2) is 71.6 Å². The molecule has 1 aliphatic heterocycles. The molecule has 1 heterocycles. The van der Waals surface area contributed by atoms with Gasteiger partial charge in [0.1, 0.15) is 5.75 Å². The van der Waals surface area contributed by atoms with Crippen LogP contribution in [0.3, 0.4) is 0 Å². The second kappa shape index (κ2) is 18.4. The number of carbonyl (C=O) groups excluding carboxylic acids is 2. The second-order valence-corrected chi connectivity index (χ2v) is 12.4. The summed E-state index contributed by atoms with van der Waals surface area (Å²) in [4.78, 5) is 33.6. The Hall–Kier alpha value is -3.55. The van der Waals surface area contributed by atoms with Gasteiger partial charge in [0.25, 0.3) is 21.9 Å². The summed E-state index contributed by atoms with van der Waals surface area (Å²) in [5, 5.41) is 17.0. The topological polar surface area (TPSA) is 163 Å². The van der Waals surface area contributed by atoms with E-state index < -0.39 is 21.9 Å². The molecule has 3 aromatic rings. The number of hydrogen-bond donors (Lipinski definition) is 5. The Balaban J connectivity index is 0.00000133. The zero-order chi connectivity index (χ0) is 32.1. The predicted molar refractivity (Wildman–Crippen MR) is 176 cm³/mol. The number of carboxylic acid groups (broad SMARTS) is 1. The van der Waals surface area contributed by atoms with Crippen LogP contribution in [0.2, 0.25) is 10.0 Å². The first-order valence-electron chi connectivity index (χ1n) is 13.7. The molecule has 15 heteroatoms. The Morgan fingerprint density at radius 3 is 2.24 bits per heavy atom. The fourth-order valence-electron chi connectivity index (χ4n) is 4.13. The maximum Gasteiger partial charge on any atom is 0.300 e. The van der Waals surface area contributed by atoms with Crippen molar-refractivity contribution < 1.29 is 32.6 Å². The minimum atomic E-state index is -4.00. The highest BCUT2D eigenvalue weighted by molar-refractivity contribution is 7.92. The van der Waals surface area contributed by atoms with Gasteiger partial charge in [0.2, 0.25) is 5.91 Å². The molecule has 1 fully saturated rings. The normalized spacial score (nSPS) is 12.9. The van der Waals surface area contributed by atoms with Crippen molar-refractivity contribution in [1.29, 1.82) is 0 Å². The SMILES string of the molecule is CC(=O)O.Cl.O=C(CCNC(=O)c1ccc(S(=O)(=O)Nc2ccccc2Oc2ccc(Cl)cc2Cl)cc1)NCC1CCNCC1. The number of piperidine rings is 1. The third kappa shape index (κ3) is 12.8. The van der Waals surface area contributed by atoms with Crippen molar-refractivity contribution in [1.82, 2.24) is 16.0 Å². The quantitative estimate of drug-likeness (QED) is 0.179. The molecule has 3 aromatic carbocycles. The van der Waals surface area contributed by atoms with Crippen molar-refractivity contribution in [2.45, 2.75) is 31.1 Å². The Bertz CT molecular complexity index is 1550. The Morgan fingerprint density at radius 2 is 1.60 bits per heavy atom. The van der Waals surface area contributed by atoms with Crippen molar-refractivity contribution >= 4 is 69.1 Å². The van der Waals surface area contributed by atoms with Gasteiger partial charge in [-0.05, 0) is 86.4 Å². The van der Waals surface area contributed by atoms with E-state index in [1.165, 1.54) is 30.3 Å². The van der Waals surface area contributed by atoms with Crippen LogP contribution in [0.5, 0.6) is 11.5 Å². The van der Waals surface area contributed by atoms with E-state index in [0.29, 0.717) is 23.2 Å². The van der Waals surface area contributed by atoms with Gasteiger partial charge in [0, 0.05) is 37.0 Å². The second-order valence-electron chi connectivity index (χ2n) is 9.83. The number of aliphatic carboxylic acids is 1. The van der Waals surface area contributed by atoms with E-state index in [4.69, 9.17) is 37.8 Å². The number of para-hydroxylation sites is 2. The molecule has 0 unspecified atom stereocenters. The zero-order valence-electron chi connectivity index (χ0n) is 24.3. The molecule has 1 saturated heterocycles. The highest BCUT2D eigenvalue weighted by Crippen LogP contribution is 2.35. The predicted octanol–water partition coefficient (Wildman–Crippen LogP) is 5.33. The number of rotatable bonds is 11. The van der Waals surface area contributed by atoms with Crippen LogP contribution in [0.1, 0.15) is 36.5 Å². The van der Waals surface area contributed by atoms with Gasteiger partial charge in [0.05, 0.1) is 15.6 Å². The van der Waals surface area contributed by atoms with Gasteiger partial charge >= 0.3 is 0 Å². The lowest BCUT2D eigenvalue weighted by atomic mass is 9.98. The molecule has 4 rings (SSSR count). The standard InChI is InChI=1S/C28H30Cl2N4O5S.C2H4O2.ClH/c29-21-7-10-25(23(30)17-21)39-26-4-2-1-3-24(26)34-40(37,38)22-8-5-20(6-9-22)28(36)32-16-13-27(35)33-18-19-11-14-31-15-12-19;1-2(3)4;/h1-10,17,19,31,34H,11-16,18H2,(H,32,36)(H,33,35);1H3,(H,3,4);1H.